The van der Waals surface area contributed by atoms with E-state index in [9.17, 15) is 5.11 Å². The van der Waals surface area contributed by atoms with Crippen LogP contribution in [0.15, 0.2) is 6.07 Å². The number of pyridine rings is 1. The first kappa shape index (κ1) is 18.4. The number of aromatic nitrogens is 4. The molecule has 1 saturated heterocycles. The summed E-state index contributed by atoms with van der Waals surface area (Å²) in [5, 5.41) is 14.2. The molecule has 0 atom stereocenters. The molecule has 0 radical (unpaired) electrons. The maximum Gasteiger partial charge on any atom is 0.224 e. The minimum absolute atomic E-state index is 0.0324. The van der Waals surface area contributed by atoms with E-state index in [0.717, 1.165) is 61.7 Å². The number of rotatable bonds is 6. The predicted octanol–water partition coefficient (Wildman–Crippen LogP) is 1.71. The molecule has 3 heterocycles. The maximum absolute atomic E-state index is 9.49. The van der Waals surface area contributed by atoms with Gasteiger partial charge in [-0.15, -0.1) is 0 Å². The smallest absolute Gasteiger partial charge is 0.224 e. The molecule has 7 heteroatoms. The molecule has 27 heavy (non-hydrogen) atoms. The van der Waals surface area contributed by atoms with E-state index in [0.29, 0.717) is 18.3 Å². The molecule has 146 valence electrons. The largest absolute Gasteiger partial charge is 0.480 e. The first-order valence-corrected chi connectivity index (χ1v) is 9.98. The van der Waals surface area contributed by atoms with Gasteiger partial charge in [0.25, 0.3) is 0 Å². The Kier molecular flexibility index (Phi) is 5.41. The Bertz CT molecular complexity index is 796. The number of piperidine rings is 1. The number of aryl methyl sites for hydroxylation is 2. The summed E-state index contributed by atoms with van der Waals surface area (Å²) in [6, 6.07) is 2.16. The normalized spacial score (nSPS) is 18.0. The number of nitrogens with zero attached hydrogens (tertiary/aromatic N) is 5. The molecule has 1 aliphatic carbocycles. The third kappa shape index (κ3) is 3.84. The number of methoxy groups -OCH3 is 1. The molecule has 1 fully saturated rings. The molecule has 0 bridgehead atoms. The van der Waals surface area contributed by atoms with E-state index in [2.05, 4.69) is 18.0 Å². The Morgan fingerprint density at radius 1 is 1.22 bits per heavy atom. The fraction of sp³-hybridized carbons (Fsp3) is 0.650. The molecule has 1 aliphatic heterocycles. The average Bonchev–Trinajstić information content (AvgIpc) is 3.29. The van der Waals surface area contributed by atoms with Crippen molar-refractivity contribution in [2.45, 2.75) is 45.1 Å². The number of aliphatic hydroxyl groups excluding tert-OH is 1. The number of aliphatic hydroxyl groups is 1. The fourth-order valence-electron chi connectivity index (χ4n) is 4.22. The minimum atomic E-state index is 0.0324. The second-order valence-electron chi connectivity index (χ2n) is 7.75. The predicted molar refractivity (Wildman–Crippen MR) is 103 cm³/mol. The number of hydrogen-bond donors (Lipinski definition) is 1. The molecule has 7 nitrogen and oxygen atoms in total. The van der Waals surface area contributed by atoms with Gasteiger partial charge >= 0.3 is 0 Å². The molecule has 4 rings (SSSR count). The van der Waals surface area contributed by atoms with Crippen LogP contribution in [0.2, 0.25) is 0 Å². The summed E-state index contributed by atoms with van der Waals surface area (Å²) in [5.41, 5.74) is 3.30. The molecule has 0 amide bonds. The molecule has 2 aliphatic rings. The molecule has 0 spiro atoms. The topological polar surface area (TPSA) is 76.3 Å². The van der Waals surface area contributed by atoms with Crippen LogP contribution in [0, 0.1) is 5.92 Å². The Morgan fingerprint density at radius 2 is 2.04 bits per heavy atom. The van der Waals surface area contributed by atoms with Crippen LogP contribution >= 0.6 is 0 Å². The van der Waals surface area contributed by atoms with Gasteiger partial charge < -0.3 is 14.7 Å². The number of hydrogen-bond acceptors (Lipinski definition) is 6. The lowest BCUT2D eigenvalue weighted by Crippen LogP contribution is -2.31. The number of ether oxygens (including phenoxy) is 1. The van der Waals surface area contributed by atoms with Crippen molar-refractivity contribution in [2.24, 2.45) is 5.92 Å². The Hall–Kier alpha value is -1.99. The van der Waals surface area contributed by atoms with Gasteiger partial charge in [-0.3, -0.25) is 0 Å². The molecule has 0 unspecified atom stereocenters. The van der Waals surface area contributed by atoms with E-state index in [4.69, 9.17) is 19.8 Å². The van der Waals surface area contributed by atoms with Crippen LogP contribution in [-0.4, -0.2) is 63.6 Å². The van der Waals surface area contributed by atoms with Gasteiger partial charge in [0.15, 0.2) is 11.6 Å². The molecule has 0 aromatic carbocycles. The summed E-state index contributed by atoms with van der Waals surface area (Å²) >= 11 is 0. The van der Waals surface area contributed by atoms with Crippen LogP contribution in [0.4, 0.5) is 0 Å². The molecular formula is C20H29N5O2. The van der Waals surface area contributed by atoms with Crippen LogP contribution in [0.5, 0.6) is 5.88 Å². The molecule has 2 aromatic heterocycles. The van der Waals surface area contributed by atoms with Crippen LogP contribution in [0.3, 0.4) is 0 Å². The van der Waals surface area contributed by atoms with Gasteiger partial charge in [-0.2, -0.15) is 5.10 Å². The highest BCUT2D eigenvalue weighted by Crippen LogP contribution is 2.33. The van der Waals surface area contributed by atoms with Crippen molar-refractivity contribution in [1.29, 1.82) is 0 Å². The van der Waals surface area contributed by atoms with Gasteiger partial charge in [-0.1, -0.05) is 0 Å². The van der Waals surface area contributed by atoms with Gasteiger partial charge in [0.1, 0.15) is 0 Å². The van der Waals surface area contributed by atoms with Gasteiger partial charge in [0.05, 0.1) is 25.8 Å². The van der Waals surface area contributed by atoms with Gasteiger partial charge in [-0.05, 0) is 69.8 Å². The summed E-state index contributed by atoms with van der Waals surface area (Å²) in [6.07, 6.45) is 6.46. The van der Waals surface area contributed by atoms with Crippen LogP contribution in [-0.2, 0) is 25.8 Å². The Balaban J connectivity index is 1.65. The highest BCUT2D eigenvalue weighted by Gasteiger charge is 2.24. The highest BCUT2D eigenvalue weighted by atomic mass is 16.5. The quantitative estimate of drug-likeness (QED) is 0.833. The van der Waals surface area contributed by atoms with E-state index in [-0.39, 0.29) is 6.61 Å². The third-order valence-electron chi connectivity index (χ3n) is 5.79. The lowest BCUT2D eigenvalue weighted by Gasteiger charge is -2.28. The first-order valence-electron chi connectivity index (χ1n) is 9.98. The van der Waals surface area contributed by atoms with E-state index >= 15 is 0 Å². The van der Waals surface area contributed by atoms with Crippen molar-refractivity contribution in [1.82, 2.24) is 24.6 Å². The van der Waals surface area contributed by atoms with E-state index in [1.54, 1.807) is 7.11 Å². The SMILES string of the molecule is COc1nc2c(cc1-c1nc(CC3CCN(C)CC3)nn1CCO)CCC2. The second kappa shape index (κ2) is 7.94. The monoisotopic (exact) mass is 371 g/mol. The molecular weight excluding hydrogens is 342 g/mol. The lowest BCUT2D eigenvalue weighted by molar-refractivity contribution is 0.217. The Labute approximate surface area is 160 Å². The van der Waals surface area contributed by atoms with E-state index in [1.807, 2.05) is 4.68 Å². The van der Waals surface area contributed by atoms with Gasteiger partial charge in [0, 0.05) is 12.1 Å². The van der Waals surface area contributed by atoms with E-state index < -0.39 is 0 Å². The Morgan fingerprint density at radius 3 is 2.78 bits per heavy atom. The average molecular weight is 371 g/mol. The highest BCUT2D eigenvalue weighted by molar-refractivity contribution is 5.64. The van der Waals surface area contributed by atoms with E-state index in [1.165, 1.54) is 18.4 Å². The van der Waals surface area contributed by atoms with Gasteiger partial charge in [0.2, 0.25) is 5.88 Å². The summed E-state index contributed by atoms with van der Waals surface area (Å²) in [7, 11) is 3.83. The van der Waals surface area contributed by atoms with Crippen LogP contribution < -0.4 is 4.74 Å². The van der Waals surface area contributed by atoms with Crippen molar-refractivity contribution in [3.8, 4) is 17.3 Å². The van der Waals surface area contributed by atoms with Crippen LogP contribution in [0.1, 0.15) is 36.3 Å². The lowest BCUT2D eigenvalue weighted by atomic mass is 9.94. The van der Waals surface area contributed by atoms with Crippen molar-refractivity contribution in [2.75, 3.05) is 33.9 Å². The fourth-order valence-corrected chi connectivity index (χ4v) is 4.22. The van der Waals surface area contributed by atoms with Crippen molar-refractivity contribution in [3.63, 3.8) is 0 Å². The summed E-state index contributed by atoms with van der Waals surface area (Å²) in [6.45, 7) is 2.73. The minimum Gasteiger partial charge on any atom is -0.480 e. The zero-order valence-corrected chi connectivity index (χ0v) is 16.3. The maximum atomic E-state index is 9.49. The summed E-state index contributed by atoms with van der Waals surface area (Å²) < 4.78 is 7.38. The van der Waals surface area contributed by atoms with Gasteiger partial charge in [-0.25, -0.2) is 14.6 Å². The van der Waals surface area contributed by atoms with Crippen molar-refractivity contribution >= 4 is 0 Å². The summed E-state index contributed by atoms with van der Waals surface area (Å²) in [4.78, 5) is 11.9. The number of fused-ring (bicyclic) bond motifs is 1. The zero-order valence-electron chi connectivity index (χ0n) is 16.3. The molecule has 1 N–H and O–H groups in total. The summed E-state index contributed by atoms with van der Waals surface area (Å²) in [5.74, 6) is 2.84. The van der Waals surface area contributed by atoms with Crippen LogP contribution in [0.25, 0.3) is 11.4 Å². The standard InChI is InChI=1S/C20H29N5O2/c1-24-8-6-14(7-9-24)12-18-22-19(25(23-18)10-11-26)16-13-15-4-3-5-17(15)21-20(16)27-2/h13-14,26H,3-12H2,1-2H3. The second-order valence-corrected chi connectivity index (χ2v) is 7.75. The zero-order chi connectivity index (χ0) is 18.8. The molecule has 2 aromatic rings. The molecule has 0 saturated carbocycles. The third-order valence-corrected chi connectivity index (χ3v) is 5.79. The van der Waals surface area contributed by atoms with Crippen molar-refractivity contribution in [3.05, 3.63) is 23.1 Å². The number of likely N-dealkylation sites (tertiary alicyclic amines) is 1. The van der Waals surface area contributed by atoms with Crippen molar-refractivity contribution < 1.29 is 9.84 Å². The first-order chi connectivity index (χ1) is 13.2.